The molecule has 0 unspecified atom stereocenters. The first-order chi connectivity index (χ1) is 7.31. The van der Waals surface area contributed by atoms with Gasteiger partial charge in [0, 0.05) is 17.6 Å². The number of pyridine rings is 1. The van der Waals surface area contributed by atoms with E-state index in [4.69, 9.17) is 11.6 Å². The highest BCUT2D eigenvalue weighted by Gasteiger charge is 2.02. The van der Waals surface area contributed by atoms with Crippen molar-refractivity contribution in [3.63, 3.8) is 0 Å². The van der Waals surface area contributed by atoms with Crippen molar-refractivity contribution in [3.05, 3.63) is 41.8 Å². The fourth-order valence-corrected chi connectivity index (χ4v) is 1.39. The van der Waals surface area contributed by atoms with Gasteiger partial charge in [0.15, 0.2) is 0 Å². The van der Waals surface area contributed by atoms with Crippen LogP contribution in [0.1, 0.15) is 5.56 Å². The second-order valence-corrected chi connectivity index (χ2v) is 3.23. The summed E-state index contributed by atoms with van der Waals surface area (Å²) in [6, 6.07) is 6.73. The molecule has 2 rings (SSSR count). The highest BCUT2D eigenvalue weighted by Crippen LogP contribution is 2.16. The Morgan fingerprint density at radius 3 is 3.07 bits per heavy atom. The van der Waals surface area contributed by atoms with E-state index in [2.05, 4.69) is 16.8 Å². The maximum atomic E-state index is 13.5. The lowest BCUT2D eigenvalue weighted by molar-refractivity contribution is 0.626. The predicted molar refractivity (Wildman–Crippen MR) is 59.3 cm³/mol. The molecule has 0 saturated carbocycles. The summed E-state index contributed by atoms with van der Waals surface area (Å²) >= 11 is 5.41. The number of fused-ring (bicyclic) bond motifs is 1. The van der Waals surface area contributed by atoms with Crippen LogP contribution in [0.4, 0.5) is 4.39 Å². The lowest BCUT2D eigenvalue weighted by Gasteiger charge is -1.98. The average Bonchev–Trinajstić information content (AvgIpc) is 2.26. The third-order valence-corrected chi connectivity index (χ3v) is 2.12. The van der Waals surface area contributed by atoms with Crippen LogP contribution in [0.3, 0.4) is 0 Å². The van der Waals surface area contributed by atoms with E-state index in [1.165, 1.54) is 6.07 Å². The molecule has 0 aliphatic heterocycles. The van der Waals surface area contributed by atoms with Crippen molar-refractivity contribution in [2.75, 3.05) is 5.88 Å². The Morgan fingerprint density at radius 2 is 2.27 bits per heavy atom. The van der Waals surface area contributed by atoms with Gasteiger partial charge in [0.25, 0.3) is 0 Å². The minimum absolute atomic E-state index is 0.199. The molecule has 2 aromatic rings. The van der Waals surface area contributed by atoms with Crippen molar-refractivity contribution in [1.82, 2.24) is 4.98 Å². The van der Waals surface area contributed by atoms with Crippen LogP contribution in [0, 0.1) is 17.7 Å². The molecule has 0 bridgehead atoms. The summed E-state index contributed by atoms with van der Waals surface area (Å²) in [6.45, 7) is 0. The second kappa shape index (κ2) is 4.29. The summed E-state index contributed by atoms with van der Waals surface area (Å²) in [6.07, 6.45) is 1.63. The van der Waals surface area contributed by atoms with Crippen molar-refractivity contribution in [1.29, 1.82) is 0 Å². The lowest BCUT2D eigenvalue weighted by atomic mass is 10.1. The van der Waals surface area contributed by atoms with E-state index in [9.17, 15) is 4.39 Å². The second-order valence-electron chi connectivity index (χ2n) is 2.96. The zero-order valence-corrected chi connectivity index (χ0v) is 8.55. The van der Waals surface area contributed by atoms with Crippen molar-refractivity contribution in [2.45, 2.75) is 0 Å². The van der Waals surface area contributed by atoms with Gasteiger partial charge in [0.1, 0.15) is 5.82 Å². The van der Waals surface area contributed by atoms with Crippen LogP contribution in [-0.4, -0.2) is 10.9 Å². The lowest BCUT2D eigenvalue weighted by Crippen LogP contribution is -1.86. The molecule has 0 atom stereocenters. The normalized spacial score (nSPS) is 9.73. The molecule has 0 saturated heterocycles. The van der Waals surface area contributed by atoms with Gasteiger partial charge < -0.3 is 0 Å². The molecule has 0 aliphatic rings. The molecule has 3 heteroatoms. The van der Waals surface area contributed by atoms with Gasteiger partial charge in [-0.25, -0.2) is 4.39 Å². The molecular formula is C12H7ClFN. The minimum atomic E-state index is -0.362. The largest absolute Gasteiger partial charge is 0.256 e. The Kier molecular flexibility index (Phi) is 2.84. The number of halogens is 2. The summed E-state index contributed by atoms with van der Waals surface area (Å²) < 4.78 is 13.5. The number of hydrogen-bond donors (Lipinski definition) is 0. The standard InChI is InChI=1S/C12H7ClFN/c13-5-1-3-9-7-10-4-2-6-15-12(10)8-11(9)14/h2,4,6-8H,5H2. The fourth-order valence-electron chi connectivity index (χ4n) is 1.32. The van der Waals surface area contributed by atoms with Crippen LogP contribution in [0.15, 0.2) is 30.5 Å². The summed E-state index contributed by atoms with van der Waals surface area (Å²) in [5.74, 6) is 5.13. The molecule has 0 fully saturated rings. The third-order valence-electron chi connectivity index (χ3n) is 1.98. The molecule has 1 nitrogen and oxygen atoms in total. The number of aromatic nitrogens is 1. The van der Waals surface area contributed by atoms with E-state index in [0.717, 1.165) is 5.39 Å². The van der Waals surface area contributed by atoms with Crippen LogP contribution in [0.25, 0.3) is 10.9 Å². The molecule has 1 aromatic heterocycles. The van der Waals surface area contributed by atoms with Gasteiger partial charge >= 0.3 is 0 Å². The number of alkyl halides is 1. The molecule has 1 heterocycles. The molecular weight excluding hydrogens is 213 g/mol. The van der Waals surface area contributed by atoms with E-state index in [1.54, 1.807) is 18.3 Å². The van der Waals surface area contributed by atoms with E-state index in [1.807, 2.05) is 6.07 Å². The van der Waals surface area contributed by atoms with Crippen LogP contribution >= 0.6 is 11.6 Å². The maximum Gasteiger partial charge on any atom is 0.141 e. The first kappa shape index (κ1) is 9.95. The summed E-state index contributed by atoms with van der Waals surface area (Å²) in [7, 11) is 0. The molecule has 74 valence electrons. The zero-order chi connectivity index (χ0) is 10.7. The van der Waals surface area contributed by atoms with E-state index in [0.29, 0.717) is 11.1 Å². The van der Waals surface area contributed by atoms with Crippen molar-refractivity contribution in [3.8, 4) is 11.8 Å². The summed E-state index contributed by atoms with van der Waals surface area (Å²) in [4.78, 5) is 4.05. The van der Waals surface area contributed by atoms with Crippen LogP contribution < -0.4 is 0 Å². The van der Waals surface area contributed by atoms with Gasteiger partial charge in [0.2, 0.25) is 0 Å². The van der Waals surface area contributed by atoms with E-state index < -0.39 is 0 Å². The molecule has 0 radical (unpaired) electrons. The molecule has 0 aliphatic carbocycles. The smallest absolute Gasteiger partial charge is 0.141 e. The van der Waals surface area contributed by atoms with Gasteiger partial charge in [-0.15, -0.1) is 11.6 Å². The highest BCUT2D eigenvalue weighted by molar-refractivity contribution is 6.19. The summed E-state index contributed by atoms with van der Waals surface area (Å²) in [5.41, 5.74) is 0.988. The van der Waals surface area contributed by atoms with Crippen molar-refractivity contribution in [2.24, 2.45) is 0 Å². The SMILES string of the molecule is Fc1cc2ncccc2cc1C#CCCl. The molecule has 0 N–H and O–H groups in total. The Bertz CT molecular complexity index is 554. The maximum absolute atomic E-state index is 13.5. The number of hydrogen-bond acceptors (Lipinski definition) is 1. The van der Waals surface area contributed by atoms with Gasteiger partial charge in [0.05, 0.1) is 17.0 Å². The summed E-state index contributed by atoms with van der Waals surface area (Å²) in [5, 5.41) is 0.873. The molecule has 0 amide bonds. The van der Waals surface area contributed by atoms with Crippen LogP contribution in [0.5, 0.6) is 0 Å². The first-order valence-corrected chi connectivity index (χ1v) is 4.94. The van der Waals surface area contributed by atoms with E-state index in [-0.39, 0.29) is 11.7 Å². The quantitative estimate of drug-likeness (QED) is 0.490. The monoisotopic (exact) mass is 219 g/mol. The first-order valence-electron chi connectivity index (χ1n) is 4.40. The van der Waals surface area contributed by atoms with Gasteiger partial charge in [-0.05, 0) is 12.1 Å². The van der Waals surface area contributed by atoms with Gasteiger partial charge in [-0.3, -0.25) is 4.98 Å². The van der Waals surface area contributed by atoms with Gasteiger partial charge in [-0.2, -0.15) is 0 Å². The Hall–Kier alpha value is -1.59. The van der Waals surface area contributed by atoms with Crippen molar-refractivity contribution >= 4 is 22.5 Å². The third kappa shape index (κ3) is 2.08. The molecule has 0 spiro atoms. The Morgan fingerprint density at radius 1 is 1.40 bits per heavy atom. The molecule has 15 heavy (non-hydrogen) atoms. The number of benzene rings is 1. The minimum Gasteiger partial charge on any atom is -0.256 e. The van der Waals surface area contributed by atoms with Gasteiger partial charge in [-0.1, -0.05) is 17.9 Å². The van der Waals surface area contributed by atoms with E-state index >= 15 is 0 Å². The Labute approximate surface area is 91.9 Å². The molecule has 1 aromatic carbocycles. The van der Waals surface area contributed by atoms with Crippen LogP contribution in [0.2, 0.25) is 0 Å². The highest BCUT2D eigenvalue weighted by atomic mass is 35.5. The predicted octanol–water partition coefficient (Wildman–Crippen LogP) is 2.96. The fraction of sp³-hybridized carbons (Fsp3) is 0.0833. The van der Waals surface area contributed by atoms with Crippen LogP contribution in [-0.2, 0) is 0 Å². The zero-order valence-electron chi connectivity index (χ0n) is 7.80. The topological polar surface area (TPSA) is 12.9 Å². The van der Waals surface area contributed by atoms with Crippen molar-refractivity contribution < 1.29 is 4.39 Å². The number of nitrogens with zero attached hydrogens (tertiary/aromatic N) is 1. The number of rotatable bonds is 0. The Balaban J connectivity index is 2.62. The average molecular weight is 220 g/mol.